The number of halogens is 1. The van der Waals surface area contributed by atoms with Gasteiger partial charge in [0.15, 0.2) is 5.78 Å². The van der Waals surface area contributed by atoms with Crippen LogP contribution in [0.15, 0.2) is 18.2 Å². The highest BCUT2D eigenvalue weighted by Crippen LogP contribution is 2.28. The molecule has 1 aliphatic heterocycles. The predicted octanol–water partition coefficient (Wildman–Crippen LogP) is 2.82. The van der Waals surface area contributed by atoms with E-state index in [1.54, 1.807) is 7.11 Å². The predicted molar refractivity (Wildman–Crippen MR) is 106 cm³/mol. The number of aryl methyl sites for hydroxylation is 2. The lowest BCUT2D eigenvalue weighted by Crippen LogP contribution is -2.47. The Bertz CT molecular complexity index is 608. The van der Waals surface area contributed by atoms with Crippen molar-refractivity contribution in [3.63, 3.8) is 0 Å². The van der Waals surface area contributed by atoms with E-state index in [1.807, 2.05) is 32.0 Å². The molecule has 26 heavy (non-hydrogen) atoms. The maximum absolute atomic E-state index is 12.3. The molecule has 146 valence electrons. The minimum atomic E-state index is -0.0637. The third kappa shape index (κ3) is 6.38. The van der Waals surface area contributed by atoms with Gasteiger partial charge in [-0.1, -0.05) is 12.1 Å². The molecule has 0 saturated carbocycles. The molecule has 0 spiro atoms. The van der Waals surface area contributed by atoms with Crippen LogP contribution in [0.1, 0.15) is 47.2 Å². The second-order valence-corrected chi connectivity index (χ2v) is 7.18. The van der Waals surface area contributed by atoms with Gasteiger partial charge in [0, 0.05) is 37.5 Å². The number of piperidine rings is 1. The molecule has 0 atom stereocenters. The summed E-state index contributed by atoms with van der Waals surface area (Å²) >= 11 is 0. The lowest BCUT2D eigenvalue weighted by atomic mass is 9.79. The molecule has 1 saturated heterocycles. The Labute approximate surface area is 162 Å². The van der Waals surface area contributed by atoms with Crippen LogP contribution in [0.5, 0.6) is 0 Å². The molecule has 1 aliphatic rings. The normalized spacial score (nSPS) is 15.8. The van der Waals surface area contributed by atoms with Crippen molar-refractivity contribution in [1.29, 1.82) is 0 Å². The average molecular weight is 383 g/mol. The van der Waals surface area contributed by atoms with Gasteiger partial charge in [0.1, 0.15) is 0 Å². The molecule has 1 amide bonds. The van der Waals surface area contributed by atoms with Crippen molar-refractivity contribution in [2.24, 2.45) is 5.41 Å². The van der Waals surface area contributed by atoms with Crippen LogP contribution in [0.25, 0.3) is 0 Å². The smallest absolute Gasteiger partial charge is 0.220 e. The topological polar surface area (TPSA) is 67.4 Å². The molecule has 0 unspecified atom stereocenters. The van der Waals surface area contributed by atoms with Gasteiger partial charge < -0.3 is 15.4 Å². The molecule has 1 aromatic rings. The van der Waals surface area contributed by atoms with Crippen molar-refractivity contribution in [3.8, 4) is 0 Å². The molecule has 0 bridgehead atoms. The summed E-state index contributed by atoms with van der Waals surface area (Å²) in [6, 6.07) is 5.69. The summed E-state index contributed by atoms with van der Waals surface area (Å²) in [7, 11) is 1.70. The van der Waals surface area contributed by atoms with E-state index in [0.717, 1.165) is 31.5 Å². The lowest BCUT2D eigenvalue weighted by molar-refractivity contribution is -0.122. The zero-order valence-electron chi connectivity index (χ0n) is 16.0. The summed E-state index contributed by atoms with van der Waals surface area (Å²) in [4.78, 5) is 24.4. The summed E-state index contributed by atoms with van der Waals surface area (Å²) in [5.74, 6) is -0.0436. The molecule has 2 N–H and O–H groups in total. The molecule has 6 heteroatoms. The number of ether oxygens (including phenoxy) is 1. The maximum atomic E-state index is 12.3. The van der Waals surface area contributed by atoms with Crippen LogP contribution >= 0.6 is 12.4 Å². The van der Waals surface area contributed by atoms with Gasteiger partial charge in [-0.3, -0.25) is 9.59 Å². The van der Waals surface area contributed by atoms with E-state index in [9.17, 15) is 9.59 Å². The summed E-state index contributed by atoms with van der Waals surface area (Å²) in [5, 5.41) is 6.35. The SMILES string of the molecule is COCC1(CNC(=O)CCC(=O)c2ccc(C)c(C)c2)CCNCC1.Cl. The number of carbonyl (C=O) groups is 2. The van der Waals surface area contributed by atoms with Gasteiger partial charge in [-0.25, -0.2) is 0 Å². The molecule has 2 rings (SSSR count). The van der Waals surface area contributed by atoms with Crippen molar-refractivity contribution in [2.45, 2.75) is 39.5 Å². The number of rotatable bonds is 8. The number of carbonyl (C=O) groups excluding carboxylic acids is 2. The van der Waals surface area contributed by atoms with Crippen LogP contribution in [-0.2, 0) is 9.53 Å². The fourth-order valence-corrected chi connectivity index (χ4v) is 3.30. The van der Waals surface area contributed by atoms with Crippen LogP contribution in [-0.4, -0.2) is 45.0 Å². The van der Waals surface area contributed by atoms with Crippen LogP contribution in [0.3, 0.4) is 0 Å². The van der Waals surface area contributed by atoms with Crippen molar-refractivity contribution < 1.29 is 14.3 Å². The van der Waals surface area contributed by atoms with E-state index in [0.29, 0.717) is 18.7 Å². The lowest BCUT2D eigenvalue weighted by Gasteiger charge is -2.37. The fourth-order valence-electron chi connectivity index (χ4n) is 3.30. The maximum Gasteiger partial charge on any atom is 0.220 e. The van der Waals surface area contributed by atoms with Crippen LogP contribution in [0, 0.1) is 19.3 Å². The average Bonchev–Trinajstić information content (AvgIpc) is 2.61. The summed E-state index contributed by atoms with van der Waals surface area (Å²) in [6.45, 7) is 7.17. The molecule has 1 heterocycles. The van der Waals surface area contributed by atoms with E-state index < -0.39 is 0 Å². The minimum Gasteiger partial charge on any atom is -0.384 e. The first-order valence-electron chi connectivity index (χ1n) is 9.03. The largest absolute Gasteiger partial charge is 0.384 e. The Kier molecular flexibility index (Phi) is 9.27. The summed E-state index contributed by atoms with van der Waals surface area (Å²) < 4.78 is 5.36. The first kappa shape index (κ1) is 22.6. The summed E-state index contributed by atoms with van der Waals surface area (Å²) in [6.07, 6.45) is 2.45. The molecular weight excluding hydrogens is 352 g/mol. The Morgan fingerprint density at radius 2 is 1.85 bits per heavy atom. The van der Waals surface area contributed by atoms with E-state index >= 15 is 0 Å². The monoisotopic (exact) mass is 382 g/mol. The number of hydrogen-bond acceptors (Lipinski definition) is 4. The van der Waals surface area contributed by atoms with Gasteiger partial charge in [0.2, 0.25) is 5.91 Å². The van der Waals surface area contributed by atoms with Crippen molar-refractivity contribution in [2.75, 3.05) is 33.4 Å². The highest BCUT2D eigenvalue weighted by Gasteiger charge is 2.32. The molecule has 1 fully saturated rings. The van der Waals surface area contributed by atoms with Crippen molar-refractivity contribution >= 4 is 24.1 Å². The quantitative estimate of drug-likeness (QED) is 0.678. The number of benzene rings is 1. The van der Waals surface area contributed by atoms with E-state index in [-0.39, 0.29) is 42.4 Å². The number of amides is 1. The third-order valence-corrected chi connectivity index (χ3v) is 5.18. The van der Waals surface area contributed by atoms with E-state index in [2.05, 4.69) is 10.6 Å². The Morgan fingerprint density at radius 1 is 1.15 bits per heavy atom. The van der Waals surface area contributed by atoms with Crippen molar-refractivity contribution in [3.05, 3.63) is 34.9 Å². The Balaban J connectivity index is 0.00000338. The van der Waals surface area contributed by atoms with Gasteiger partial charge in [0.05, 0.1) is 6.61 Å². The van der Waals surface area contributed by atoms with Crippen LogP contribution in [0.2, 0.25) is 0 Å². The Hall–Kier alpha value is -1.43. The standard InChI is InChI=1S/C20H30N2O3.ClH/c1-15-4-5-17(12-16(15)2)18(23)6-7-19(24)22-13-20(14-25-3)8-10-21-11-9-20;/h4-5,12,21H,6-11,13-14H2,1-3H3,(H,22,24);1H. The van der Waals surface area contributed by atoms with Gasteiger partial charge in [0.25, 0.3) is 0 Å². The fraction of sp³-hybridized carbons (Fsp3) is 0.600. The zero-order valence-corrected chi connectivity index (χ0v) is 16.8. The third-order valence-electron chi connectivity index (χ3n) is 5.18. The van der Waals surface area contributed by atoms with Gasteiger partial charge >= 0.3 is 0 Å². The number of hydrogen-bond donors (Lipinski definition) is 2. The second kappa shape index (κ2) is 10.7. The van der Waals surface area contributed by atoms with Gasteiger partial charge in [-0.05, 0) is 57.0 Å². The molecular formula is C20H31ClN2O3. The first-order chi connectivity index (χ1) is 12.0. The summed E-state index contributed by atoms with van der Waals surface area (Å²) in [5.41, 5.74) is 2.96. The van der Waals surface area contributed by atoms with Gasteiger partial charge in [-0.2, -0.15) is 0 Å². The van der Waals surface area contributed by atoms with Crippen molar-refractivity contribution in [1.82, 2.24) is 10.6 Å². The Morgan fingerprint density at radius 3 is 2.46 bits per heavy atom. The minimum absolute atomic E-state index is 0. The zero-order chi connectivity index (χ0) is 18.3. The number of Topliss-reactive ketones (excluding diaryl/α,β-unsaturated/α-hetero) is 1. The highest BCUT2D eigenvalue weighted by molar-refractivity contribution is 5.98. The molecule has 1 aromatic carbocycles. The van der Waals surface area contributed by atoms with Gasteiger partial charge in [-0.15, -0.1) is 12.4 Å². The molecule has 5 nitrogen and oxygen atoms in total. The van der Waals surface area contributed by atoms with E-state index in [4.69, 9.17) is 4.74 Å². The molecule has 0 radical (unpaired) electrons. The number of ketones is 1. The van der Waals surface area contributed by atoms with Crippen LogP contribution < -0.4 is 10.6 Å². The highest BCUT2D eigenvalue weighted by atomic mass is 35.5. The number of nitrogens with one attached hydrogen (secondary N) is 2. The molecule has 0 aromatic heterocycles. The van der Waals surface area contributed by atoms with E-state index in [1.165, 1.54) is 5.56 Å². The number of methoxy groups -OCH3 is 1. The van der Waals surface area contributed by atoms with Crippen LogP contribution in [0.4, 0.5) is 0 Å². The first-order valence-corrected chi connectivity index (χ1v) is 9.03. The molecule has 0 aliphatic carbocycles. The second-order valence-electron chi connectivity index (χ2n) is 7.18.